The quantitative estimate of drug-likeness (QED) is 0.763. The van der Waals surface area contributed by atoms with Gasteiger partial charge < -0.3 is 10.1 Å². The van der Waals surface area contributed by atoms with E-state index < -0.39 is 0 Å². The lowest BCUT2D eigenvalue weighted by atomic mass is 10.2. The lowest BCUT2D eigenvalue weighted by Gasteiger charge is -2.03. The van der Waals surface area contributed by atoms with Crippen molar-refractivity contribution in [3.63, 3.8) is 0 Å². The molecule has 1 amide bonds. The van der Waals surface area contributed by atoms with Crippen molar-refractivity contribution in [3.8, 4) is 0 Å². The summed E-state index contributed by atoms with van der Waals surface area (Å²) < 4.78 is 7.08. The van der Waals surface area contributed by atoms with E-state index in [4.69, 9.17) is 4.74 Å². The number of aryl methyl sites for hydroxylation is 1. The standard InChI is InChI=1S/C10H13N3O2/c1-13-4-2-7(12-13)11-10(14)8-6-3-5-15-9(6)8/h2,4,6,8-9H,3,5H2,1H3,(H,11,12,14)/t6-,8-,9-/m0/s1. The second kappa shape index (κ2) is 3.06. The molecule has 1 saturated carbocycles. The fraction of sp³-hybridized carbons (Fsp3) is 0.600. The molecule has 1 aliphatic heterocycles. The lowest BCUT2D eigenvalue weighted by molar-refractivity contribution is -0.118. The number of carbonyl (C=O) groups excluding carboxylic acids is 1. The largest absolute Gasteiger partial charge is 0.377 e. The number of carbonyl (C=O) groups is 1. The van der Waals surface area contributed by atoms with E-state index in [9.17, 15) is 4.79 Å². The Labute approximate surface area is 87.4 Å². The van der Waals surface area contributed by atoms with Crippen molar-refractivity contribution < 1.29 is 9.53 Å². The first-order valence-corrected chi connectivity index (χ1v) is 5.18. The zero-order chi connectivity index (χ0) is 10.4. The Hall–Kier alpha value is -1.36. The molecule has 1 aromatic heterocycles. The molecule has 1 aromatic rings. The molecule has 0 unspecified atom stereocenters. The number of ether oxygens (including phenoxy) is 1. The van der Waals surface area contributed by atoms with Crippen LogP contribution in [-0.2, 0) is 16.6 Å². The van der Waals surface area contributed by atoms with Gasteiger partial charge in [-0.1, -0.05) is 0 Å². The number of rotatable bonds is 2. The molecule has 3 rings (SSSR count). The molecule has 80 valence electrons. The molecule has 15 heavy (non-hydrogen) atoms. The Morgan fingerprint density at radius 1 is 1.73 bits per heavy atom. The average molecular weight is 207 g/mol. The first-order chi connectivity index (χ1) is 7.25. The van der Waals surface area contributed by atoms with Crippen LogP contribution in [0.1, 0.15) is 6.42 Å². The van der Waals surface area contributed by atoms with E-state index in [0.29, 0.717) is 11.7 Å². The van der Waals surface area contributed by atoms with Crippen LogP contribution in [0.2, 0.25) is 0 Å². The number of fused-ring (bicyclic) bond motifs is 1. The maximum Gasteiger partial charge on any atom is 0.231 e. The van der Waals surface area contributed by atoms with Crippen LogP contribution in [0.3, 0.4) is 0 Å². The van der Waals surface area contributed by atoms with Crippen LogP contribution < -0.4 is 5.32 Å². The summed E-state index contributed by atoms with van der Waals surface area (Å²) in [6.07, 6.45) is 3.00. The summed E-state index contributed by atoms with van der Waals surface area (Å²) in [4.78, 5) is 11.8. The van der Waals surface area contributed by atoms with Gasteiger partial charge in [-0.2, -0.15) is 5.10 Å². The number of anilines is 1. The van der Waals surface area contributed by atoms with E-state index in [1.54, 1.807) is 16.9 Å². The highest BCUT2D eigenvalue weighted by Gasteiger charge is 2.58. The van der Waals surface area contributed by atoms with Gasteiger partial charge >= 0.3 is 0 Å². The van der Waals surface area contributed by atoms with Gasteiger partial charge in [0.05, 0.1) is 12.0 Å². The van der Waals surface area contributed by atoms with Crippen LogP contribution in [0.15, 0.2) is 12.3 Å². The molecule has 2 heterocycles. The molecule has 0 bridgehead atoms. The van der Waals surface area contributed by atoms with Gasteiger partial charge in [0.15, 0.2) is 5.82 Å². The summed E-state index contributed by atoms with van der Waals surface area (Å²) in [5.74, 6) is 1.17. The predicted molar refractivity (Wildman–Crippen MR) is 53.2 cm³/mol. The van der Waals surface area contributed by atoms with Crippen LogP contribution in [0.4, 0.5) is 5.82 Å². The lowest BCUT2D eigenvalue weighted by Crippen LogP contribution is -2.18. The van der Waals surface area contributed by atoms with Gasteiger partial charge in [-0.3, -0.25) is 9.48 Å². The number of hydrogen-bond acceptors (Lipinski definition) is 3. The average Bonchev–Trinajstić information content (AvgIpc) is 2.60. The van der Waals surface area contributed by atoms with E-state index in [1.807, 2.05) is 7.05 Å². The van der Waals surface area contributed by atoms with E-state index in [2.05, 4.69) is 10.4 Å². The topological polar surface area (TPSA) is 56.2 Å². The van der Waals surface area contributed by atoms with Crippen molar-refractivity contribution in [2.45, 2.75) is 12.5 Å². The Morgan fingerprint density at radius 3 is 3.20 bits per heavy atom. The van der Waals surface area contributed by atoms with Gasteiger partial charge in [-0.05, 0) is 6.42 Å². The van der Waals surface area contributed by atoms with Crippen LogP contribution in [-0.4, -0.2) is 28.4 Å². The number of amides is 1. The summed E-state index contributed by atoms with van der Waals surface area (Å²) in [5.41, 5.74) is 0. The van der Waals surface area contributed by atoms with Gasteiger partial charge in [0.1, 0.15) is 0 Å². The molecule has 2 fully saturated rings. The number of aromatic nitrogens is 2. The first-order valence-electron chi connectivity index (χ1n) is 5.18. The number of nitrogens with zero attached hydrogens (tertiary/aromatic N) is 2. The molecular formula is C10H13N3O2. The summed E-state index contributed by atoms with van der Waals surface area (Å²) in [6.45, 7) is 0.808. The highest BCUT2D eigenvalue weighted by atomic mass is 16.5. The van der Waals surface area contributed by atoms with Gasteiger partial charge in [-0.25, -0.2) is 0 Å². The summed E-state index contributed by atoms with van der Waals surface area (Å²) in [5, 5.41) is 6.90. The molecular weight excluding hydrogens is 194 g/mol. The van der Waals surface area contributed by atoms with Crippen molar-refractivity contribution in [2.24, 2.45) is 18.9 Å². The van der Waals surface area contributed by atoms with Gasteiger partial charge in [0.2, 0.25) is 5.91 Å². The Morgan fingerprint density at radius 2 is 2.60 bits per heavy atom. The monoisotopic (exact) mass is 207 g/mol. The minimum atomic E-state index is 0.0448. The van der Waals surface area contributed by atoms with Crippen molar-refractivity contribution in [3.05, 3.63) is 12.3 Å². The smallest absolute Gasteiger partial charge is 0.231 e. The van der Waals surface area contributed by atoms with Gasteiger partial charge in [0, 0.05) is 31.8 Å². The van der Waals surface area contributed by atoms with Crippen molar-refractivity contribution in [2.75, 3.05) is 11.9 Å². The molecule has 0 radical (unpaired) electrons. The SMILES string of the molecule is Cn1ccc(NC(=O)[C@H]2[C@@H]3CCO[C@@H]32)n1. The Bertz CT molecular complexity index is 391. The number of nitrogens with one attached hydrogen (secondary N) is 1. The molecule has 5 heteroatoms. The molecule has 1 N–H and O–H groups in total. The molecule has 1 aliphatic carbocycles. The van der Waals surface area contributed by atoms with Crippen LogP contribution >= 0.6 is 0 Å². The second-order valence-corrected chi connectivity index (χ2v) is 4.18. The Kier molecular flexibility index (Phi) is 1.82. The van der Waals surface area contributed by atoms with E-state index in [0.717, 1.165) is 13.0 Å². The van der Waals surface area contributed by atoms with Crippen LogP contribution in [0.25, 0.3) is 0 Å². The third-order valence-corrected chi connectivity index (χ3v) is 3.13. The maximum absolute atomic E-state index is 11.8. The van der Waals surface area contributed by atoms with Crippen molar-refractivity contribution >= 4 is 11.7 Å². The fourth-order valence-corrected chi connectivity index (χ4v) is 2.29. The maximum atomic E-state index is 11.8. The van der Waals surface area contributed by atoms with Crippen LogP contribution in [0, 0.1) is 11.8 Å². The molecule has 0 spiro atoms. The van der Waals surface area contributed by atoms with Gasteiger partial charge in [-0.15, -0.1) is 0 Å². The minimum Gasteiger partial charge on any atom is -0.377 e. The second-order valence-electron chi connectivity index (χ2n) is 4.18. The third kappa shape index (κ3) is 1.43. The van der Waals surface area contributed by atoms with E-state index in [-0.39, 0.29) is 17.9 Å². The van der Waals surface area contributed by atoms with Gasteiger partial charge in [0.25, 0.3) is 0 Å². The predicted octanol–water partition coefficient (Wildman–Crippen LogP) is 0.393. The molecule has 2 aliphatic rings. The van der Waals surface area contributed by atoms with E-state index >= 15 is 0 Å². The molecule has 1 saturated heterocycles. The normalized spacial score (nSPS) is 32.5. The van der Waals surface area contributed by atoms with Crippen molar-refractivity contribution in [1.82, 2.24) is 9.78 Å². The van der Waals surface area contributed by atoms with Crippen LogP contribution in [0.5, 0.6) is 0 Å². The Balaban J connectivity index is 1.63. The summed E-state index contributed by atoms with van der Waals surface area (Å²) in [6, 6.07) is 1.79. The molecule has 3 atom stereocenters. The highest BCUT2D eigenvalue weighted by molar-refractivity contribution is 5.94. The summed E-state index contributed by atoms with van der Waals surface area (Å²) in [7, 11) is 1.82. The first kappa shape index (κ1) is 8.91. The highest BCUT2D eigenvalue weighted by Crippen LogP contribution is 2.49. The molecule has 0 aromatic carbocycles. The van der Waals surface area contributed by atoms with E-state index in [1.165, 1.54) is 0 Å². The number of hydrogen-bond donors (Lipinski definition) is 1. The summed E-state index contributed by atoms with van der Waals surface area (Å²) >= 11 is 0. The third-order valence-electron chi connectivity index (χ3n) is 3.13. The fourth-order valence-electron chi connectivity index (χ4n) is 2.29. The van der Waals surface area contributed by atoms with Crippen molar-refractivity contribution in [1.29, 1.82) is 0 Å². The minimum absolute atomic E-state index is 0.0448. The zero-order valence-electron chi connectivity index (χ0n) is 8.51. The zero-order valence-corrected chi connectivity index (χ0v) is 8.51. The molecule has 5 nitrogen and oxygen atoms in total.